The molecule has 30 heavy (non-hydrogen) atoms. The summed E-state index contributed by atoms with van der Waals surface area (Å²) in [5.74, 6) is -3.13. The Morgan fingerprint density at radius 1 is 0.800 bits per heavy atom. The van der Waals surface area contributed by atoms with Crippen LogP contribution in [0.25, 0.3) is 0 Å². The van der Waals surface area contributed by atoms with Gasteiger partial charge >= 0.3 is 5.97 Å². The number of aromatic carboxylic acids is 1. The number of hydrogen-bond acceptors (Lipinski definition) is 4. The molecule has 0 saturated heterocycles. The van der Waals surface area contributed by atoms with Crippen molar-refractivity contribution in [3.05, 3.63) is 101 Å². The number of para-hydroxylation sites is 1. The van der Waals surface area contributed by atoms with Gasteiger partial charge in [-0.15, -0.1) is 0 Å². The standard InChI is InChI=1S/C23H16N2O5/c26-20(24-16-9-5-2-6-10-16)19(14-7-3-1-4-8-14)25-21(27)17-12-11-15(23(29)30)13-18(17)22(25)28/h1-13,19H,(H,24,26)(H,29,30)/t19-/m0/s1. The average molecular weight is 400 g/mol. The Balaban J connectivity index is 1.76. The first kappa shape index (κ1) is 19.1. The Kier molecular flexibility index (Phi) is 4.85. The summed E-state index contributed by atoms with van der Waals surface area (Å²) >= 11 is 0. The maximum Gasteiger partial charge on any atom is 0.335 e. The molecule has 0 aromatic heterocycles. The van der Waals surface area contributed by atoms with Crippen LogP contribution in [-0.4, -0.2) is 33.7 Å². The van der Waals surface area contributed by atoms with Crippen LogP contribution in [0.15, 0.2) is 78.9 Å². The summed E-state index contributed by atoms with van der Waals surface area (Å²) in [5.41, 5.74) is 0.903. The molecule has 0 unspecified atom stereocenters. The number of fused-ring (bicyclic) bond motifs is 1. The number of carbonyl (C=O) groups is 4. The number of imide groups is 1. The first-order chi connectivity index (χ1) is 14.5. The van der Waals surface area contributed by atoms with Crippen LogP contribution >= 0.6 is 0 Å². The summed E-state index contributed by atoms with van der Waals surface area (Å²) in [6, 6.07) is 19.7. The zero-order valence-corrected chi connectivity index (χ0v) is 15.6. The maximum absolute atomic E-state index is 13.2. The molecule has 7 nitrogen and oxygen atoms in total. The third kappa shape index (κ3) is 3.33. The molecule has 1 heterocycles. The van der Waals surface area contributed by atoms with Crippen LogP contribution in [0.3, 0.4) is 0 Å². The molecule has 1 atom stereocenters. The molecule has 4 rings (SSSR count). The average Bonchev–Trinajstić information content (AvgIpc) is 3.00. The summed E-state index contributed by atoms with van der Waals surface area (Å²) in [4.78, 5) is 51.4. The van der Waals surface area contributed by atoms with E-state index in [2.05, 4.69) is 5.32 Å². The Morgan fingerprint density at radius 2 is 1.40 bits per heavy atom. The summed E-state index contributed by atoms with van der Waals surface area (Å²) in [6.07, 6.45) is 0. The Labute approximate surface area is 171 Å². The number of amides is 3. The normalized spacial score (nSPS) is 13.7. The van der Waals surface area contributed by atoms with Crippen LogP contribution < -0.4 is 5.32 Å². The van der Waals surface area contributed by atoms with Crippen molar-refractivity contribution in [2.45, 2.75) is 6.04 Å². The second-order valence-electron chi connectivity index (χ2n) is 6.71. The summed E-state index contributed by atoms with van der Waals surface area (Å²) in [7, 11) is 0. The minimum atomic E-state index is -1.22. The van der Waals surface area contributed by atoms with Gasteiger partial charge < -0.3 is 10.4 Å². The van der Waals surface area contributed by atoms with E-state index in [1.165, 1.54) is 12.1 Å². The minimum absolute atomic E-state index is 0.0339. The Morgan fingerprint density at radius 3 is 2.03 bits per heavy atom. The molecule has 1 aliphatic heterocycles. The van der Waals surface area contributed by atoms with E-state index >= 15 is 0 Å². The summed E-state index contributed by atoms with van der Waals surface area (Å²) in [5, 5.41) is 11.9. The number of carboxylic acids is 1. The van der Waals surface area contributed by atoms with E-state index in [1.807, 2.05) is 0 Å². The minimum Gasteiger partial charge on any atom is -0.478 e. The molecule has 1 aliphatic rings. The van der Waals surface area contributed by atoms with Gasteiger partial charge in [0.25, 0.3) is 17.7 Å². The number of rotatable bonds is 5. The molecule has 3 aromatic carbocycles. The lowest BCUT2D eigenvalue weighted by Gasteiger charge is -2.25. The van der Waals surface area contributed by atoms with Crippen molar-refractivity contribution in [3.8, 4) is 0 Å². The third-order valence-electron chi connectivity index (χ3n) is 4.83. The van der Waals surface area contributed by atoms with E-state index < -0.39 is 29.7 Å². The van der Waals surface area contributed by atoms with Crippen LogP contribution in [0.4, 0.5) is 5.69 Å². The molecule has 3 amide bonds. The van der Waals surface area contributed by atoms with Gasteiger partial charge in [-0.1, -0.05) is 48.5 Å². The van der Waals surface area contributed by atoms with E-state index in [9.17, 15) is 24.3 Å². The number of benzene rings is 3. The summed E-state index contributed by atoms with van der Waals surface area (Å²) < 4.78 is 0. The lowest BCUT2D eigenvalue weighted by Crippen LogP contribution is -2.41. The molecule has 0 saturated carbocycles. The van der Waals surface area contributed by atoms with Gasteiger partial charge in [-0.2, -0.15) is 0 Å². The molecule has 3 aromatic rings. The lowest BCUT2D eigenvalue weighted by atomic mass is 10.0. The quantitative estimate of drug-likeness (QED) is 0.639. The highest BCUT2D eigenvalue weighted by Crippen LogP contribution is 2.33. The van der Waals surface area contributed by atoms with Gasteiger partial charge in [-0.3, -0.25) is 19.3 Å². The maximum atomic E-state index is 13.2. The van der Waals surface area contributed by atoms with Crippen molar-refractivity contribution in [3.63, 3.8) is 0 Å². The second-order valence-corrected chi connectivity index (χ2v) is 6.71. The van der Waals surface area contributed by atoms with Gasteiger partial charge in [0.15, 0.2) is 0 Å². The molecule has 0 aliphatic carbocycles. The van der Waals surface area contributed by atoms with E-state index in [-0.39, 0.29) is 16.7 Å². The van der Waals surface area contributed by atoms with Crippen molar-refractivity contribution in [1.29, 1.82) is 0 Å². The van der Waals surface area contributed by atoms with Crippen LogP contribution in [0.5, 0.6) is 0 Å². The number of anilines is 1. The largest absolute Gasteiger partial charge is 0.478 e. The number of carboxylic acid groups (broad SMARTS) is 1. The van der Waals surface area contributed by atoms with Gasteiger partial charge in [0.2, 0.25) is 0 Å². The second kappa shape index (κ2) is 7.63. The fourth-order valence-corrected chi connectivity index (χ4v) is 3.41. The highest BCUT2D eigenvalue weighted by atomic mass is 16.4. The molecule has 0 fully saturated rings. The van der Waals surface area contributed by atoms with E-state index in [1.54, 1.807) is 60.7 Å². The smallest absolute Gasteiger partial charge is 0.335 e. The van der Waals surface area contributed by atoms with E-state index in [0.717, 1.165) is 11.0 Å². The lowest BCUT2D eigenvalue weighted by molar-refractivity contribution is -0.120. The highest BCUT2D eigenvalue weighted by molar-refractivity contribution is 6.23. The van der Waals surface area contributed by atoms with Crippen LogP contribution in [-0.2, 0) is 4.79 Å². The van der Waals surface area contributed by atoms with Crippen LogP contribution in [0.1, 0.15) is 42.7 Å². The fourth-order valence-electron chi connectivity index (χ4n) is 3.41. The van der Waals surface area contributed by atoms with Gasteiger partial charge in [-0.05, 0) is 35.9 Å². The molecular weight excluding hydrogens is 384 g/mol. The van der Waals surface area contributed by atoms with Crippen molar-refractivity contribution in [2.24, 2.45) is 0 Å². The zero-order valence-electron chi connectivity index (χ0n) is 15.6. The predicted molar refractivity (Wildman–Crippen MR) is 108 cm³/mol. The third-order valence-corrected chi connectivity index (χ3v) is 4.83. The topological polar surface area (TPSA) is 104 Å². The van der Waals surface area contributed by atoms with Crippen molar-refractivity contribution >= 4 is 29.4 Å². The van der Waals surface area contributed by atoms with Crippen LogP contribution in [0.2, 0.25) is 0 Å². The number of nitrogens with one attached hydrogen (secondary N) is 1. The van der Waals surface area contributed by atoms with Crippen molar-refractivity contribution in [1.82, 2.24) is 4.90 Å². The molecule has 148 valence electrons. The molecular formula is C23H16N2O5. The van der Waals surface area contributed by atoms with Gasteiger partial charge in [0.05, 0.1) is 16.7 Å². The number of nitrogens with zero attached hydrogens (tertiary/aromatic N) is 1. The van der Waals surface area contributed by atoms with E-state index in [4.69, 9.17) is 0 Å². The number of carbonyl (C=O) groups excluding carboxylic acids is 3. The van der Waals surface area contributed by atoms with Crippen molar-refractivity contribution in [2.75, 3.05) is 5.32 Å². The zero-order chi connectivity index (χ0) is 21.3. The van der Waals surface area contributed by atoms with Crippen LogP contribution in [0, 0.1) is 0 Å². The van der Waals surface area contributed by atoms with E-state index in [0.29, 0.717) is 11.3 Å². The molecule has 2 N–H and O–H groups in total. The van der Waals surface area contributed by atoms with Gasteiger partial charge in [0, 0.05) is 5.69 Å². The fraction of sp³-hybridized carbons (Fsp3) is 0.0435. The van der Waals surface area contributed by atoms with Crippen molar-refractivity contribution < 1.29 is 24.3 Å². The molecule has 7 heteroatoms. The Hall–Kier alpha value is -4.26. The summed E-state index contributed by atoms with van der Waals surface area (Å²) in [6.45, 7) is 0. The first-order valence-corrected chi connectivity index (χ1v) is 9.13. The molecule has 0 bridgehead atoms. The first-order valence-electron chi connectivity index (χ1n) is 9.13. The Bertz CT molecular complexity index is 1160. The van der Waals surface area contributed by atoms with Gasteiger partial charge in [-0.25, -0.2) is 4.79 Å². The molecule has 0 radical (unpaired) electrons. The predicted octanol–water partition coefficient (Wildman–Crippen LogP) is 3.36. The highest BCUT2D eigenvalue weighted by Gasteiger charge is 2.43. The monoisotopic (exact) mass is 400 g/mol. The SMILES string of the molecule is O=C(O)c1ccc2c(c1)C(=O)N([C@H](C(=O)Nc1ccccc1)c1ccccc1)C2=O. The van der Waals surface area contributed by atoms with Gasteiger partial charge in [0.1, 0.15) is 6.04 Å². The number of hydrogen-bond donors (Lipinski definition) is 2. The molecule has 0 spiro atoms.